The summed E-state index contributed by atoms with van der Waals surface area (Å²) in [5.74, 6) is 0. The predicted molar refractivity (Wildman–Crippen MR) is 105 cm³/mol. The second-order valence-electron chi connectivity index (χ2n) is 6.09. The van der Waals surface area contributed by atoms with Gasteiger partial charge in [-0.1, -0.05) is 66.7 Å². The van der Waals surface area contributed by atoms with Crippen molar-refractivity contribution < 1.29 is 0 Å². The molecule has 3 nitrogen and oxygen atoms in total. The first kappa shape index (κ1) is 13.9. The lowest BCUT2D eigenvalue weighted by atomic mass is 10.1. The Kier molecular flexibility index (Phi) is 3.10. The summed E-state index contributed by atoms with van der Waals surface area (Å²) in [7, 11) is 0. The van der Waals surface area contributed by atoms with Crippen molar-refractivity contribution in [2.24, 2.45) is 0 Å². The van der Waals surface area contributed by atoms with E-state index in [0.29, 0.717) is 0 Å². The smallest absolute Gasteiger partial charge is 0.0908 e. The van der Waals surface area contributed by atoms with Gasteiger partial charge in [-0.3, -0.25) is 5.43 Å². The highest BCUT2D eigenvalue weighted by molar-refractivity contribution is 6.04. The van der Waals surface area contributed by atoms with Gasteiger partial charge in [0.05, 0.1) is 22.7 Å². The molecule has 1 heterocycles. The molecule has 0 atom stereocenters. The minimum absolute atomic E-state index is 1.09. The minimum Gasteiger partial charge on any atom is -0.276 e. The van der Waals surface area contributed by atoms with Gasteiger partial charge in [-0.05, 0) is 35.7 Å². The SMILES string of the molecule is c1ccc(N2Nc3c(ccc4ccccc34)N2c2ccccc2)cc1. The van der Waals surface area contributed by atoms with E-state index < -0.39 is 0 Å². The molecule has 5 rings (SSSR count). The summed E-state index contributed by atoms with van der Waals surface area (Å²) in [5.41, 5.74) is 8.09. The van der Waals surface area contributed by atoms with Crippen LogP contribution in [0, 0.1) is 0 Å². The molecule has 25 heavy (non-hydrogen) atoms. The number of hydrazine groups is 2. The van der Waals surface area contributed by atoms with Gasteiger partial charge in [0, 0.05) is 5.39 Å². The summed E-state index contributed by atoms with van der Waals surface area (Å²) in [6, 6.07) is 33.6. The molecule has 0 spiro atoms. The van der Waals surface area contributed by atoms with Crippen molar-refractivity contribution in [1.29, 1.82) is 0 Å². The third-order valence-corrected chi connectivity index (χ3v) is 4.55. The third-order valence-electron chi connectivity index (χ3n) is 4.55. The van der Waals surface area contributed by atoms with Crippen molar-refractivity contribution in [3.8, 4) is 0 Å². The maximum atomic E-state index is 3.60. The first-order valence-electron chi connectivity index (χ1n) is 8.40. The zero-order chi connectivity index (χ0) is 16.6. The molecule has 0 saturated carbocycles. The molecule has 1 N–H and O–H groups in total. The van der Waals surface area contributed by atoms with Gasteiger partial charge in [-0.25, -0.2) is 5.01 Å². The quantitative estimate of drug-likeness (QED) is 0.507. The minimum atomic E-state index is 1.09. The molecule has 4 aromatic carbocycles. The fourth-order valence-electron chi connectivity index (χ4n) is 3.39. The molecule has 0 fully saturated rings. The molecular formula is C22H17N3. The lowest BCUT2D eigenvalue weighted by Crippen LogP contribution is -2.38. The Morgan fingerprint density at radius 2 is 1.20 bits per heavy atom. The van der Waals surface area contributed by atoms with Crippen LogP contribution < -0.4 is 15.6 Å². The molecule has 0 unspecified atom stereocenters. The highest BCUT2D eigenvalue weighted by atomic mass is 15.8. The van der Waals surface area contributed by atoms with Gasteiger partial charge >= 0.3 is 0 Å². The van der Waals surface area contributed by atoms with Gasteiger partial charge < -0.3 is 0 Å². The number of fused-ring (bicyclic) bond motifs is 3. The van der Waals surface area contributed by atoms with E-state index in [-0.39, 0.29) is 0 Å². The topological polar surface area (TPSA) is 18.5 Å². The number of nitrogens with zero attached hydrogens (tertiary/aromatic N) is 2. The van der Waals surface area contributed by atoms with Crippen LogP contribution in [0.3, 0.4) is 0 Å². The summed E-state index contributed by atoms with van der Waals surface area (Å²) in [6.45, 7) is 0. The lowest BCUT2D eigenvalue weighted by molar-refractivity contribution is 0.969. The summed E-state index contributed by atoms with van der Waals surface area (Å²) in [6.07, 6.45) is 0. The van der Waals surface area contributed by atoms with Crippen LogP contribution in [0.5, 0.6) is 0 Å². The van der Waals surface area contributed by atoms with Gasteiger partial charge in [0.2, 0.25) is 0 Å². The van der Waals surface area contributed by atoms with Crippen LogP contribution in [0.1, 0.15) is 0 Å². The van der Waals surface area contributed by atoms with E-state index in [1.165, 1.54) is 10.8 Å². The van der Waals surface area contributed by atoms with Crippen LogP contribution in [0.4, 0.5) is 22.7 Å². The Bertz CT molecular complexity index is 1030. The summed E-state index contributed by atoms with van der Waals surface area (Å²) < 4.78 is 0. The highest BCUT2D eigenvalue weighted by Gasteiger charge is 2.29. The molecule has 0 saturated heterocycles. The third kappa shape index (κ3) is 2.21. The lowest BCUT2D eigenvalue weighted by Gasteiger charge is -2.30. The van der Waals surface area contributed by atoms with E-state index in [0.717, 1.165) is 22.7 Å². The van der Waals surface area contributed by atoms with Crippen molar-refractivity contribution in [1.82, 2.24) is 0 Å². The Hall–Kier alpha value is -3.46. The average Bonchev–Trinajstić information content (AvgIpc) is 3.09. The number of benzene rings is 4. The number of rotatable bonds is 2. The van der Waals surface area contributed by atoms with Gasteiger partial charge in [0.1, 0.15) is 0 Å². The highest BCUT2D eigenvalue weighted by Crippen LogP contribution is 2.44. The number of nitrogens with one attached hydrogen (secondary N) is 1. The molecule has 0 amide bonds. The maximum Gasteiger partial charge on any atom is 0.0908 e. The standard InChI is InChI=1S/C22H17N3/c1-3-10-18(11-4-1)24-21-16-15-17-9-7-8-14-20(17)22(21)23-25(24)19-12-5-2-6-13-19/h1-16,23H. The first-order valence-corrected chi connectivity index (χ1v) is 8.40. The number of hydrogen-bond donors (Lipinski definition) is 1. The maximum absolute atomic E-state index is 3.60. The van der Waals surface area contributed by atoms with E-state index in [1.807, 2.05) is 12.1 Å². The molecule has 4 aromatic rings. The fourth-order valence-corrected chi connectivity index (χ4v) is 3.39. The van der Waals surface area contributed by atoms with E-state index in [1.54, 1.807) is 0 Å². The zero-order valence-electron chi connectivity index (χ0n) is 13.6. The van der Waals surface area contributed by atoms with Crippen molar-refractivity contribution in [2.45, 2.75) is 0 Å². The van der Waals surface area contributed by atoms with Gasteiger partial charge in [0.15, 0.2) is 0 Å². The van der Waals surface area contributed by atoms with Crippen LogP contribution >= 0.6 is 0 Å². The van der Waals surface area contributed by atoms with Crippen molar-refractivity contribution in [3.05, 3.63) is 97.1 Å². The van der Waals surface area contributed by atoms with Crippen LogP contribution in [-0.2, 0) is 0 Å². The van der Waals surface area contributed by atoms with Crippen LogP contribution in [-0.4, -0.2) is 0 Å². The summed E-state index contributed by atoms with van der Waals surface area (Å²) >= 11 is 0. The Morgan fingerprint density at radius 1 is 0.560 bits per heavy atom. The van der Waals surface area contributed by atoms with Crippen molar-refractivity contribution in [3.63, 3.8) is 0 Å². The zero-order valence-corrected chi connectivity index (χ0v) is 13.6. The largest absolute Gasteiger partial charge is 0.276 e. The molecule has 1 aliphatic heterocycles. The molecule has 1 aliphatic rings. The second-order valence-corrected chi connectivity index (χ2v) is 6.09. The van der Waals surface area contributed by atoms with Gasteiger partial charge in [-0.15, -0.1) is 0 Å². The molecule has 0 radical (unpaired) electrons. The molecule has 120 valence electrons. The van der Waals surface area contributed by atoms with Gasteiger partial charge in [-0.2, -0.15) is 5.12 Å². The van der Waals surface area contributed by atoms with Crippen molar-refractivity contribution >= 4 is 33.5 Å². The number of hydrogen-bond acceptors (Lipinski definition) is 3. The molecule has 0 aromatic heterocycles. The van der Waals surface area contributed by atoms with E-state index in [4.69, 9.17) is 0 Å². The van der Waals surface area contributed by atoms with Crippen LogP contribution in [0.25, 0.3) is 10.8 Å². The molecule has 3 heteroatoms. The normalized spacial score (nSPS) is 13.0. The van der Waals surface area contributed by atoms with E-state index in [9.17, 15) is 0 Å². The van der Waals surface area contributed by atoms with E-state index >= 15 is 0 Å². The Morgan fingerprint density at radius 3 is 1.96 bits per heavy atom. The monoisotopic (exact) mass is 323 g/mol. The predicted octanol–water partition coefficient (Wildman–Crippen LogP) is 5.74. The molecular weight excluding hydrogens is 306 g/mol. The second kappa shape index (κ2) is 5.56. The Balaban J connectivity index is 1.74. The molecule has 0 bridgehead atoms. The summed E-state index contributed by atoms with van der Waals surface area (Å²) in [5, 5.41) is 6.78. The van der Waals surface area contributed by atoms with Crippen molar-refractivity contribution in [2.75, 3.05) is 15.6 Å². The first-order chi connectivity index (χ1) is 12.4. The average molecular weight is 323 g/mol. The van der Waals surface area contributed by atoms with E-state index in [2.05, 4.69) is 100 Å². The van der Waals surface area contributed by atoms with Crippen LogP contribution in [0.2, 0.25) is 0 Å². The van der Waals surface area contributed by atoms with Crippen LogP contribution in [0.15, 0.2) is 97.1 Å². The molecule has 0 aliphatic carbocycles. The summed E-state index contributed by atoms with van der Waals surface area (Å²) in [4.78, 5) is 0. The number of anilines is 4. The number of para-hydroxylation sites is 2. The van der Waals surface area contributed by atoms with Gasteiger partial charge in [0.25, 0.3) is 0 Å². The Labute approximate surface area is 146 Å². The fraction of sp³-hybridized carbons (Fsp3) is 0.